The molecule has 0 aromatic heterocycles. The Balaban J connectivity index is 2.19. The van der Waals surface area contributed by atoms with Crippen molar-refractivity contribution in [3.05, 3.63) is 81.0 Å². The predicted molar refractivity (Wildman–Crippen MR) is 104 cm³/mol. The molecule has 0 aliphatic heterocycles. The molecule has 8 nitrogen and oxygen atoms in total. The minimum atomic E-state index is -0.727. The lowest BCUT2D eigenvalue weighted by Crippen LogP contribution is -2.24. The number of nitriles is 1. The highest BCUT2D eigenvalue weighted by molar-refractivity contribution is 6.32. The van der Waals surface area contributed by atoms with Gasteiger partial charge in [-0.25, -0.2) is 0 Å². The molecule has 2 aromatic rings. The number of hydrogen-bond donors (Lipinski definition) is 2. The normalized spacial score (nSPS) is 10.8. The topological polar surface area (TPSA) is 120 Å². The highest BCUT2D eigenvalue weighted by Crippen LogP contribution is 2.27. The van der Waals surface area contributed by atoms with Gasteiger partial charge >= 0.3 is 0 Å². The molecule has 28 heavy (non-hydrogen) atoms. The Hall–Kier alpha value is -3.41. The van der Waals surface area contributed by atoms with E-state index in [0.29, 0.717) is 6.54 Å². The van der Waals surface area contributed by atoms with Gasteiger partial charge in [0.2, 0.25) is 0 Å². The first-order chi connectivity index (χ1) is 13.4. The van der Waals surface area contributed by atoms with Crippen LogP contribution in [0.3, 0.4) is 0 Å². The molecule has 0 unspecified atom stereocenters. The molecule has 0 aliphatic carbocycles. The minimum absolute atomic E-state index is 0.0592. The van der Waals surface area contributed by atoms with Gasteiger partial charge in [0.15, 0.2) is 0 Å². The summed E-state index contributed by atoms with van der Waals surface area (Å²) in [6.45, 7) is 0.457. The number of nitro groups is 1. The SMILES string of the molecule is N#C/C(=C/N(CCO)Cc1ccccc1)C(=O)Nc1ccc(Cl)c([N+](=O)[O-])c1. The molecule has 2 rings (SSSR count). The zero-order valence-electron chi connectivity index (χ0n) is 14.7. The van der Waals surface area contributed by atoms with E-state index in [4.69, 9.17) is 11.6 Å². The second-order valence-corrected chi connectivity index (χ2v) is 6.12. The molecular formula is C19H17ClN4O4. The van der Waals surface area contributed by atoms with Crippen LogP contribution in [0.25, 0.3) is 0 Å². The lowest BCUT2D eigenvalue weighted by atomic mass is 10.2. The number of nitro benzene ring substituents is 1. The van der Waals surface area contributed by atoms with Crippen LogP contribution in [-0.2, 0) is 11.3 Å². The van der Waals surface area contributed by atoms with E-state index in [1.807, 2.05) is 36.4 Å². The van der Waals surface area contributed by atoms with E-state index in [1.165, 1.54) is 18.3 Å². The van der Waals surface area contributed by atoms with Gasteiger partial charge in [-0.15, -0.1) is 0 Å². The van der Waals surface area contributed by atoms with Gasteiger partial charge in [0.25, 0.3) is 11.6 Å². The number of anilines is 1. The summed E-state index contributed by atoms with van der Waals surface area (Å²) in [5.74, 6) is -0.727. The van der Waals surface area contributed by atoms with E-state index in [0.717, 1.165) is 11.6 Å². The van der Waals surface area contributed by atoms with Crippen molar-refractivity contribution in [2.45, 2.75) is 6.54 Å². The summed E-state index contributed by atoms with van der Waals surface area (Å²) in [5.41, 5.74) is 0.521. The molecule has 0 spiro atoms. The lowest BCUT2D eigenvalue weighted by molar-refractivity contribution is -0.384. The van der Waals surface area contributed by atoms with Gasteiger partial charge in [-0.2, -0.15) is 5.26 Å². The fraction of sp³-hybridized carbons (Fsp3) is 0.158. The fourth-order valence-electron chi connectivity index (χ4n) is 2.39. The first-order valence-corrected chi connectivity index (χ1v) is 8.58. The number of nitrogens with zero attached hydrogens (tertiary/aromatic N) is 3. The van der Waals surface area contributed by atoms with Crippen LogP contribution in [0.15, 0.2) is 60.3 Å². The summed E-state index contributed by atoms with van der Waals surface area (Å²) >= 11 is 5.75. The Bertz CT molecular complexity index is 925. The van der Waals surface area contributed by atoms with E-state index < -0.39 is 10.8 Å². The third kappa shape index (κ3) is 5.81. The van der Waals surface area contributed by atoms with Gasteiger partial charge in [-0.3, -0.25) is 14.9 Å². The van der Waals surface area contributed by atoms with Crippen molar-refractivity contribution in [3.8, 4) is 6.07 Å². The predicted octanol–water partition coefficient (Wildman–Crippen LogP) is 3.09. The summed E-state index contributed by atoms with van der Waals surface area (Å²) < 4.78 is 0. The van der Waals surface area contributed by atoms with E-state index in [1.54, 1.807) is 4.90 Å². The lowest BCUT2D eigenvalue weighted by Gasteiger charge is -2.20. The Morgan fingerprint density at radius 1 is 1.32 bits per heavy atom. The summed E-state index contributed by atoms with van der Waals surface area (Å²) in [4.78, 5) is 24.3. The first kappa shape index (κ1) is 20.9. The molecule has 1 amide bonds. The monoisotopic (exact) mass is 400 g/mol. The average Bonchev–Trinajstić information content (AvgIpc) is 2.68. The van der Waals surface area contributed by atoms with Gasteiger partial charge < -0.3 is 15.3 Å². The van der Waals surface area contributed by atoms with E-state index >= 15 is 0 Å². The number of benzene rings is 2. The van der Waals surface area contributed by atoms with Gasteiger partial charge in [0.05, 0.1) is 11.5 Å². The number of aliphatic hydroxyl groups is 1. The number of aliphatic hydroxyl groups excluding tert-OH is 1. The quantitative estimate of drug-likeness (QED) is 0.304. The molecule has 0 saturated heterocycles. The van der Waals surface area contributed by atoms with E-state index in [2.05, 4.69) is 5.32 Å². The van der Waals surface area contributed by atoms with Crippen LogP contribution in [0.5, 0.6) is 0 Å². The maximum absolute atomic E-state index is 12.4. The number of amides is 1. The Labute approximate surface area is 166 Å². The van der Waals surface area contributed by atoms with E-state index in [-0.39, 0.29) is 35.1 Å². The van der Waals surface area contributed by atoms with Gasteiger partial charge in [0.1, 0.15) is 16.7 Å². The largest absolute Gasteiger partial charge is 0.395 e. The maximum atomic E-state index is 12.4. The van der Waals surface area contributed by atoms with Gasteiger partial charge in [0, 0.05) is 31.0 Å². The summed E-state index contributed by atoms with van der Waals surface area (Å²) in [7, 11) is 0. The van der Waals surface area contributed by atoms with Crippen LogP contribution in [-0.4, -0.2) is 34.0 Å². The van der Waals surface area contributed by atoms with Crippen molar-refractivity contribution in [3.63, 3.8) is 0 Å². The zero-order chi connectivity index (χ0) is 20.5. The van der Waals surface area contributed by atoms with Crippen LogP contribution in [0.2, 0.25) is 5.02 Å². The van der Waals surface area contributed by atoms with Gasteiger partial charge in [-0.05, 0) is 17.7 Å². The molecule has 0 aliphatic rings. The maximum Gasteiger partial charge on any atom is 0.289 e. The molecular weight excluding hydrogens is 384 g/mol. The minimum Gasteiger partial charge on any atom is -0.395 e. The molecule has 0 bridgehead atoms. The summed E-state index contributed by atoms with van der Waals surface area (Å²) in [6, 6.07) is 15.0. The number of carbonyl (C=O) groups is 1. The van der Waals surface area contributed by atoms with Crippen LogP contribution in [0, 0.1) is 21.4 Å². The standard InChI is InChI=1S/C19H17ClN4O4/c20-17-7-6-16(10-18(17)24(27)28)22-19(26)15(11-21)13-23(8-9-25)12-14-4-2-1-3-5-14/h1-7,10,13,25H,8-9,12H2,(H,22,26)/b15-13-. The van der Waals surface area contributed by atoms with Gasteiger partial charge in [-0.1, -0.05) is 41.9 Å². The van der Waals surface area contributed by atoms with Crippen molar-refractivity contribution in [1.82, 2.24) is 4.90 Å². The van der Waals surface area contributed by atoms with Crippen molar-refractivity contribution in [1.29, 1.82) is 5.26 Å². The molecule has 0 atom stereocenters. The van der Waals surface area contributed by atoms with Crippen molar-refractivity contribution >= 4 is 28.9 Å². The Morgan fingerprint density at radius 2 is 2.04 bits per heavy atom. The Kier molecular flexibility index (Phi) is 7.51. The highest BCUT2D eigenvalue weighted by atomic mass is 35.5. The smallest absolute Gasteiger partial charge is 0.289 e. The molecule has 0 fully saturated rings. The number of carbonyl (C=O) groups excluding carboxylic acids is 1. The number of hydrogen-bond acceptors (Lipinski definition) is 6. The van der Waals surface area contributed by atoms with Crippen molar-refractivity contribution < 1.29 is 14.8 Å². The number of halogens is 1. The molecule has 2 aromatic carbocycles. The molecule has 9 heteroatoms. The van der Waals surface area contributed by atoms with Crippen LogP contribution in [0.1, 0.15) is 5.56 Å². The van der Waals surface area contributed by atoms with Crippen molar-refractivity contribution in [2.75, 3.05) is 18.5 Å². The number of rotatable bonds is 8. The van der Waals surface area contributed by atoms with Crippen LogP contribution < -0.4 is 5.32 Å². The third-order valence-corrected chi connectivity index (χ3v) is 4.01. The third-order valence-electron chi connectivity index (χ3n) is 3.69. The van der Waals surface area contributed by atoms with E-state index in [9.17, 15) is 25.3 Å². The Morgan fingerprint density at radius 3 is 2.64 bits per heavy atom. The average molecular weight is 401 g/mol. The molecule has 0 heterocycles. The number of nitrogens with one attached hydrogen (secondary N) is 1. The summed E-state index contributed by atoms with van der Waals surface area (Å²) in [5, 5.41) is 31.9. The molecule has 0 radical (unpaired) electrons. The fourth-order valence-corrected chi connectivity index (χ4v) is 2.57. The van der Waals surface area contributed by atoms with Crippen LogP contribution in [0.4, 0.5) is 11.4 Å². The van der Waals surface area contributed by atoms with Crippen molar-refractivity contribution in [2.24, 2.45) is 0 Å². The highest BCUT2D eigenvalue weighted by Gasteiger charge is 2.16. The second kappa shape index (κ2) is 10.1. The molecule has 0 saturated carbocycles. The van der Waals surface area contributed by atoms with Crippen LogP contribution >= 0.6 is 11.6 Å². The zero-order valence-corrected chi connectivity index (χ0v) is 15.5. The first-order valence-electron chi connectivity index (χ1n) is 8.20. The summed E-state index contributed by atoms with van der Waals surface area (Å²) in [6.07, 6.45) is 1.35. The molecule has 144 valence electrons. The molecule has 2 N–H and O–H groups in total. The second-order valence-electron chi connectivity index (χ2n) is 5.71.